The van der Waals surface area contributed by atoms with E-state index in [1.54, 1.807) is 31.2 Å². The molecule has 1 aliphatic heterocycles. The molecule has 0 bridgehead atoms. The Morgan fingerprint density at radius 2 is 1.93 bits per heavy atom. The van der Waals surface area contributed by atoms with E-state index in [-0.39, 0.29) is 16.1 Å². The lowest BCUT2D eigenvalue weighted by molar-refractivity contribution is 0.0697. The molecule has 1 saturated heterocycles. The number of benzene rings is 2. The number of carbonyl (C=O) groups is 1. The molecule has 6 nitrogen and oxygen atoms in total. The van der Waals surface area contributed by atoms with Gasteiger partial charge < -0.3 is 10.0 Å². The van der Waals surface area contributed by atoms with Crippen LogP contribution in [0.2, 0.25) is 5.02 Å². The summed E-state index contributed by atoms with van der Waals surface area (Å²) in [7, 11) is -3.89. The van der Waals surface area contributed by atoms with Gasteiger partial charge in [0.25, 0.3) is 10.0 Å². The lowest BCUT2D eigenvalue weighted by Gasteiger charge is -2.29. The molecule has 0 unspecified atom stereocenters. The van der Waals surface area contributed by atoms with E-state index in [0.717, 1.165) is 24.6 Å². The molecule has 0 amide bonds. The van der Waals surface area contributed by atoms with Gasteiger partial charge in [0.05, 0.1) is 16.1 Å². The van der Waals surface area contributed by atoms with Crippen LogP contribution in [-0.2, 0) is 10.0 Å². The van der Waals surface area contributed by atoms with E-state index in [0.29, 0.717) is 16.3 Å². The van der Waals surface area contributed by atoms with E-state index >= 15 is 0 Å². The van der Waals surface area contributed by atoms with Gasteiger partial charge in [-0.1, -0.05) is 17.7 Å². The number of carboxylic acids is 1. The van der Waals surface area contributed by atoms with Crippen molar-refractivity contribution in [3.05, 3.63) is 52.5 Å². The van der Waals surface area contributed by atoms with Crippen LogP contribution in [0.5, 0.6) is 0 Å². The zero-order valence-corrected chi connectivity index (χ0v) is 17.0. The fourth-order valence-corrected chi connectivity index (χ4v) is 5.39. The minimum absolute atomic E-state index is 0.0593. The Morgan fingerprint density at radius 1 is 1.22 bits per heavy atom. The number of nitrogens with zero attached hydrogens (tertiary/aromatic N) is 1. The number of halogens is 1. The van der Waals surface area contributed by atoms with Gasteiger partial charge in [-0.15, -0.1) is 0 Å². The summed E-state index contributed by atoms with van der Waals surface area (Å²) in [6.45, 7) is 3.15. The molecule has 0 spiro atoms. The Hall–Kier alpha value is -1.90. The highest BCUT2D eigenvalue weighted by molar-refractivity contribution is 7.99. The van der Waals surface area contributed by atoms with Gasteiger partial charge in [0.15, 0.2) is 0 Å². The van der Waals surface area contributed by atoms with Crippen molar-refractivity contribution in [1.29, 1.82) is 0 Å². The quantitative estimate of drug-likeness (QED) is 0.758. The highest BCUT2D eigenvalue weighted by Gasteiger charge is 2.22. The fraction of sp³-hybridized carbons (Fsp3) is 0.278. The van der Waals surface area contributed by atoms with E-state index in [2.05, 4.69) is 4.72 Å². The third-order valence-electron chi connectivity index (χ3n) is 4.34. The summed E-state index contributed by atoms with van der Waals surface area (Å²) in [5.74, 6) is 0.770. The van der Waals surface area contributed by atoms with E-state index in [1.807, 2.05) is 16.7 Å². The van der Waals surface area contributed by atoms with Crippen molar-refractivity contribution >= 4 is 50.7 Å². The molecular formula is C18H19ClN2O4S2. The maximum atomic E-state index is 12.7. The Balaban J connectivity index is 1.94. The van der Waals surface area contributed by atoms with Gasteiger partial charge in [-0.05, 0) is 42.8 Å². The molecule has 1 heterocycles. The monoisotopic (exact) mass is 426 g/mol. The van der Waals surface area contributed by atoms with Crippen LogP contribution >= 0.6 is 23.4 Å². The van der Waals surface area contributed by atoms with Crippen LogP contribution in [0.1, 0.15) is 15.9 Å². The molecular weight excluding hydrogens is 408 g/mol. The van der Waals surface area contributed by atoms with Crippen molar-refractivity contribution in [2.45, 2.75) is 11.8 Å². The summed E-state index contributed by atoms with van der Waals surface area (Å²) >= 11 is 7.85. The third-order valence-corrected chi connectivity index (χ3v) is 7.22. The Morgan fingerprint density at radius 3 is 2.59 bits per heavy atom. The van der Waals surface area contributed by atoms with E-state index in [1.165, 1.54) is 12.1 Å². The van der Waals surface area contributed by atoms with Crippen LogP contribution in [-0.4, -0.2) is 44.1 Å². The number of hydrogen-bond donors (Lipinski definition) is 2. The molecule has 1 fully saturated rings. The second-order valence-corrected chi connectivity index (χ2v) is 9.39. The molecule has 0 atom stereocenters. The number of aromatic carboxylic acids is 1. The van der Waals surface area contributed by atoms with Crippen LogP contribution in [0.3, 0.4) is 0 Å². The van der Waals surface area contributed by atoms with Crippen LogP contribution in [0.15, 0.2) is 41.3 Å². The second kappa shape index (κ2) is 8.00. The van der Waals surface area contributed by atoms with E-state index < -0.39 is 16.0 Å². The number of sulfonamides is 1. The summed E-state index contributed by atoms with van der Waals surface area (Å²) in [5.41, 5.74) is 1.31. The van der Waals surface area contributed by atoms with Gasteiger partial charge in [-0.25, -0.2) is 13.2 Å². The lowest BCUT2D eigenvalue weighted by Crippen LogP contribution is -2.33. The van der Waals surface area contributed by atoms with Crippen molar-refractivity contribution in [2.24, 2.45) is 0 Å². The lowest BCUT2D eigenvalue weighted by atomic mass is 10.1. The number of rotatable bonds is 5. The number of anilines is 2. The molecule has 2 N–H and O–H groups in total. The number of thioether (sulfide) groups is 1. The van der Waals surface area contributed by atoms with Crippen LogP contribution < -0.4 is 9.62 Å². The zero-order valence-electron chi connectivity index (χ0n) is 14.6. The maximum Gasteiger partial charge on any atom is 0.337 e. The third kappa shape index (κ3) is 4.34. The maximum absolute atomic E-state index is 12.7. The summed E-state index contributed by atoms with van der Waals surface area (Å²) in [5, 5.41) is 9.94. The van der Waals surface area contributed by atoms with Crippen molar-refractivity contribution < 1.29 is 18.3 Å². The van der Waals surface area contributed by atoms with Crippen LogP contribution in [0, 0.1) is 6.92 Å². The molecule has 0 aromatic heterocycles. The molecule has 2 aromatic carbocycles. The highest BCUT2D eigenvalue weighted by atomic mass is 35.5. The first kappa shape index (κ1) is 19.9. The second-order valence-electron chi connectivity index (χ2n) is 6.10. The van der Waals surface area contributed by atoms with Crippen molar-refractivity contribution in [3.8, 4) is 0 Å². The smallest absolute Gasteiger partial charge is 0.337 e. The van der Waals surface area contributed by atoms with Crippen molar-refractivity contribution in [2.75, 3.05) is 34.2 Å². The number of nitrogens with one attached hydrogen (secondary N) is 1. The molecule has 3 rings (SSSR count). The minimum atomic E-state index is -3.89. The Labute approximate surface area is 167 Å². The largest absolute Gasteiger partial charge is 0.478 e. The predicted octanol–water partition coefficient (Wildman–Crippen LogP) is 3.70. The van der Waals surface area contributed by atoms with Crippen molar-refractivity contribution in [3.63, 3.8) is 0 Å². The molecule has 27 heavy (non-hydrogen) atoms. The standard InChI is InChI=1S/C18H19ClN2O4S2/c1-12-15(19)3-2-4-17(12)27(24,25)20-13-5-6-16(14(11-13)18(22)23)21-7-9-26-10-8-21/h2-6,11,20H,7-10H2,1H3,(H,22,23). The number of carboxylic acid groups (broad SMARTS) is 1. The first-order chi connectivity index (χ1) is 12.8. The van der Waals surface area contributed by atoms with E-state index in [4.69, 9.17) is 11.6 Å². The predicted molar refractivity (Wildman–Crippen MR) is 110 cm³/mol. The molecule has 0 radical (unpaired) electrons. The highest BCUT2D eigenvalue weighted by Crippen LogP contribution is 2.29. The van der Waals surface area contributed by atoms with E-state index in [9.17, 15) is 18.3 Å². The minimum Gasteiger partial charge on any atom is -0.478 e. The summed E-state index contributed by atoms with van der Waals surface area (Å²) in [4.78, 5) is 13.8. The van der Waals surface area contributed by atoms with Gasteiger partial charge in [0.2, 0.25) is 0 Å². The van der Waals surface area contributed by atoms with Gasteiger partial charge >= 0.3 is 5.97 Å². The first-order valence-electron chi connectivity index (χ1n) is 8.27. The molecule has 144 valence electrons. The van der Waals surface area contributed by atoms with Gasteiger partial charge in [-0.3, -0.25) is 4.72 Å². The average molecular weight is 427 g/mol. The van der Waals surface area contributed by atoms with Crippen LogP contribution in [0.25, 0.3) is 0 Å². The molecule has 2 aromatic rings. The van der Waals surface area contributed by atoms with Gasteiger partial charge in [0.1, 0.15) is 0 Å². The van der Waals surface area contributed by atoms with Crippen molar-refractivity contribution in [1.82, 2.24) is 0 Å². The van der Waals surface area contributed by atoms with Gasteiger partial charge in [-0.2, -0.15) is 11.8 Å². The van der Waals surface area contributed by atoms with Gasteiger partial charge in [0, 0.05) is 35.3 Å². The average Bonchev–Trinajstić information content (AvgIpc) is 2.64. The summed E-state index contributed by atoms with van der Waals surface area (Å²) < 4.78 is 27.9. The molecule has 9 heteroatoms. The number of hydrogen-bond acceptors (Lipinski definition) is 5. The normalized spacial score (nSPS) is 14.8. The van der Waals surface area contributed by atoms with Crippen LogP contribution in [0.4, 0.5) is 11.4 Å². The first-order valence-corrected chi connectivity index (χ1v) is 11.3. The zero-order chi connectivity index (χ0) is 19.6. The summed E-state index contributed by atoms with van der Waals surface area (Å²) in [6, 6.07) is 9.23. The SMILES string of the molecule is Cc1c(Cl)cccc1S(=O)(=O)Nc1ccc(N2CCSCC2)c(C(=O)O)c1. The fourth-order valence-electron chi connectivity index (χ4n) is 2.94. The topological polar surface area (TPSA) is 86.7 Å². The molecule has 0 aliphatic carbocycles. The Bertz CT molecular complexity index is 973. The summed E-state index contributed by atoms with van der Waals surface area (Å²) in [6.07, 6.45) is 0. The molecule has 1 aliphatic rings. The molecule has 0 saturated carbocycles. The Kier molecular flexibility index (Phi) is 5.88.